The van der Waals surface area contributed by atoms with E-state index in [1.807, 2.05) is 29.2 Å². The highest BCUT2D eigenvalue weighted by Gasteiger charge is 2.56. The number of piperazine rings is 1. The lowest BCUT2D eigenvalue weighted by Crippen LogP contribution is -2.58. The van der Waals surface area contributed by atoms with Gasteiger partial charge in [0.25, 0.3) is 5.91 Å². The van der Waals surface area contributed by atoms with E-state index >= 15 is 0 Å². The average molecular weight is 469 g/mol. The molecule has 2 fully saturated rings. The Morgan fingerprint density at radius 1 is 1.00 bits per heavy atom. The number of pyridine rings is 1. The number of piperidine rings is 1. The Labute approximate surface area is 189 Å². The molecule has 2 aromatic rings. The fourth-order valence-electron chi connectivity index (χ4n) is 4.17. The third-order valence-electron chi connectivity index (χ3n) is 6.03. The molecule has 2 aliphatic rings. The van der Waals surface area contributed by atoms with Gasteiger partial charge in [-0.25, -0.2) is 4.98 Å². The highest BCUT2D eigenvalue weighted by Crippen LogP contribution is 2.37. The molecule has 0 saturated carbocycles. The fraction of sp³-hybridized carbons (Fsp3) is 0.455. The second-order valence-electron chi connectivity index (χ2n) is 8.19. The fourth-order valence-corrected chi connectivity index (χ4v) is 4.29. The molecule has 1 unspecified atom stereocenters. The summed E-state index contributed by atoms with van der Waals surface area (Å²) in [5.41, 5.74) is -1.72. The number of alkyl halides is 3. The highest BCUT2D eigenvalue weighted by molar-refractivity contribution is 6.30. The Bertz CT molecular complexity index is 964. The van der Waals surface area contributed by atoms with E-state index in [0.717, 1.165) is 23.7 Å². The number of halogens is 4. The Kier molecular flexibility index (Phi) is 6.22. The summed E-state index contributed by atoms with van der Waals surface area (Å²) in [6, 6.07) is 12.6. The van der Waals surface area contributed by atoms with Crippen molar-refractivity contribution < 1.29 is 23.1 Å². The molecule has 6 nitrogen and oxygen atoms in total. The molecule has 0 radical (unpaired) electrons. The maximum absolute atomic E-state index is 13.2. The number of aromatic nitrogens is 1. The van der Waals surface area contributed by atoms with Gasteiger partial charge in [0.2, 0.25) is 0 Å². The van der Waals surface area contributed by atoms with Gasteiger partial charge in [0.15, 0.2) is 5.60 Å². The van der Waals surface area contributed by atoms with Gasteiger partial charge in [-0.3, -0.25) is 4.79 Å². The molecule has 1 N–H and O–H groups in total. The van der Waals surface area contributed by atoms with Crippen LogP contribution in [-0.4, -0.2) is 71.9 Å². The van der Waals surface area contributed by atoms with E-state index in [-0.39, 0.29) is 18.7 Å². The molecular weight excluding hydrogens is 445 g/mol. The van der Waals surface area contributed by atoms with Crippen LogP contribution in [0.3, 0.4) is 0 Å². The van der Waals surface area contributed by atoms with Gasteiger partial charge in [-0.15, -0.1) is 0 Å². The minimum Gasteiger partial charge on any atom is -0.379 e. The zero-order valence-corrected chi connectivity index (χ0v) is 18.1. The molecule has 0 spiro atoms. The Morgan fingerprint density at radius 2 is 1.66 bits per heavy atom. The minimum absolute atomic E-state index is 0.0775. The van der Waals surface area contributed by atoms with E-state index in [9.17, 15) is 23.1 Å². The van der Waals surface area contributed by atoms with Crippen LogP contribution in [0.5, 0.6) is 0 Å². The molecule has 1 atom stereocenters. The average Bonchev–Trinajstić information content (AvgIpc) is 2.79. The lowest BCUT2D eigenvalue weighted by Gasteiger charge is -2.40. The van der Waals surface area contributed by atoms with Crippen LogP contribution in [0.1, 0.15) is 23.3 Å². The van der Waals surface area contributed by atoms with Gasteiger partial charge in [-0.1, -0.05) is 17.7 Å². The zero-order chi connectivity index (χ0) is 22.9. The van der Waals surface area contributed by atoms with E-state index in [1.165, 1.54) is 6.07 Å². The molecular formula is C22H24ClF3N4O2. The van der Waals surface area contributed by atoms with Crippen molar-refractivity contribution in [2.24, 2.45) is 0 Å². The molecule has 0 aliphatic carbocycles. The van der Waals surface area contributed by atoms with E-state index in [0.29, 0.717) is 23.9 Å². The van der Waals surface area contributed by atoms with Crippen molar-refractivity contribution in [2.75, 3.05) is 49.1 Å². The van der Waals surface area contributed by atoms with Crippen LogP contribution in [0.4, 0.5) is 24.7 Å². The maximum Gasteiger partial charge on any atom is 0.418 e. The third-order valence-corrected chi connectivity index (χ3v) is 6.29. The molecule has 10 heteroatoms. The number of β-amino-alcohol motifs (C(OH)–C–C–N with tert-alkyl or cyclic N) is 1. The molecule has 172 valence electrons. The lowest BCUT2D eigenvalue weighted by molar-refractivity contribution is -0.271. The quantitative estimate of drug-likeness (QED) is 0.746. The van der Waals surface area contributed by atoms with Crippen molar-refractivity contribution in [3.8, 4) is 0 Å². The molecule has 1 aromatic heterocycles. The summed E-state index contributed by atoms with van der Waals surface area (Å²) in [6.45, 7) is 2.26. The normalized spacial score (nSPS) is 22.2. The molecule has 4 rings (SSSR count). The van der Waals surface area contributed by atoms with Crippen molar-refractivity contribution in [3.05, 3.63) is 53.2 Å². The zero-order valence-electron chi connectivity index (χ0n) is 17.4. The molecule has 2 saturated heterocycles. The van der Waals surface area contributed by atoms with Crippen LogP contribution in [0.25, 0.3) is 0 Å². The van der Waals surface area contributed by atoms with Gasteiger partial charge in [-0.2, -0.15) is 13.2 Å². The van der Waals surface area contributed by atoms with Gasteiger partial charge in [0.05, 0.1) is 6.54 Å². The number of likely N-dealkylation sites (tertiary alicyclic amines) is 1. The summed E-state index contributed by atoms with van der Waals surface area (Å²) in [7, 11) is 0. The minimum atomic E-state index is -4.79. The van der Waals surface area contributed by atoms with E-state index < -0.39 is 30.7 Å². The first-order chi connectivity index (χ1) is 15.2. The first-order valence-electron chi connectivity index (χ1n) is 10.5. The number of nitrogens with zero attached hydrogens (tertiary/aromatic N) is 4. The third kappa shape index (κ3) is 4.63. The van der Waals surface area contributed by atoms with Crippen molar-refractivity contribution >= 4 is 29.0 Å². The Hall–Kier alpha value is -2.52. The van der Waals surface area contributed by atoms with Gasteiger partial charge in [0.1, 0.15) is 11.5 Å². The van der Waals surface area contributed by atoms with Gasteiger partial charge < -0.3 is 19.8 Å². The summed E-state index contributed by atoms with van der Waals surface area (Å²) in [5.74, 6) is 0.00345. The smallest absolute Gasteiger partial charge is 0.379 e. The number of aliphatic hydroxyl groups is 1. The summed E-state index contributed by atoms with van der Waals surface area (Å²) in [5, 5.41) is 10.7. The number of carbonyl (C=O) groups is 1. The van der Waals surface area contributed by atoms with Crippen molar-refractivity contribution in [3.63, 3.8) is 0 Å². The van der Waals surface area contributed by atoms with Crippen LogP contribution in [0.15, 0.2) is 42.5 Å². The standard InChI is InChI=1S/C22H24ClF3N4O2/c23-16-5-7-17(8-6-16)28-11-13-29(14-12-28)19-4-1-3-18(27-19)20(31)30-10-2-9-21(32,15-30)22(24,25)26/h1,3-8,32H,2,9-15H2. The Morgan fingerprint density at radius 3 is 2.31 bits per heavy atom. The number of anilines is 2. The number of carbonyl (C=O) groups excluding carboxylic acids is 1. The van der Waals surface area contributed by atoms with E-state index in [2.05, 4.69) is 9.88 Å². The summed E-state index contributed by atoms with van der Waals surface area (Å²) < 4.78 is 39.7. The topological polar surface area (TPSA) is 59.9 Å². The molecule has 2 aliphatic heterocycles. The SMILES string of the molecule is O=C(c1cccc(N2CCN(c3ccc(Cl)cc3)CC2)n1)N1CCCC(O)(C(F)(F)F)C1. The summed E-state index contributed by atoms with van der Waals surface area (Å²) in [4.78, 5) is 22.6. The number of benzene rings is 1. The van der Waals surface area contributed by atoms with Crippen LogP contribution in [0, 0.1) is 0 Å². The summed E-state index contributed by atoms with van der Waals surface area (Å²) >= 11 is 5.95. The predicted octanol–water partition coefficient (Wildman–Crippen LogP) is 3.59. The number of rotatable bonds is 3. The molecule has 32 heavy (non-hydrogen) atoms. The van der Waals surface area contributed by atoms with Gasteiger partial charge >= 0.3 is 6.18 Å². The summed E-state index contributed by atoms with van der Waals surface area (Å²) in [6.07, 6.45) is -5.12. The van der Waals surface area contributed by atoms with E-state index in [4.69, 9.17) is 11.6 Å². The monoisotopic (exact) mass is 468 g/mol. The van der Waals surface area contributed by atoms with Crippen LogP contribution in [0.2, 0.25) is 5.02 Å². The van der Waals surface area contributed by atoms with Crippen LogP contribution >= 0.6 is 11.6 Å². The van der Waals surface area contributed by atoms with Crippen LogP contribution in [-0.2, 0) is 0 Å². The lowest BCUT2D eigenvalue weighted by atomic mass is 9.92. The number of hydrogen-bond acceptors (Lipinski definition) is 5. The molecule has 0 bridgehead atoms. The van der Waals surface area contributed by atoms with Crippen LogP contribution < -0.4 is 9.80 Å². The van der Waals surface area contributed by atoms with Gasteiger partial charge in [-0.05, 0) is 49.2 Å². The predicted molar refractivity (Wildman–Crippen MR) is 116 cm³/mol. The van der Waals surface area contributed by atoms with E-state index in [1.54, 1.807) is 12.1 Å². The molecule has 1 aromatic carbocycles. The second kappa shape index (κ2) is 8.78. The Balaban J connectivity index is 1.42. The number of hydrogen-bond donors (Lipinski definition) is 1. The number of amides is 1. The molecule has 3 heterocycles. The van der Waals surface area contributed by atoms with Gasteiger partial charge in [0, 0.05) is 43.4 Å². The highest BCUT2D eigenvalue weighted by atomic mass is 35.5. The first kappa shape index (κ1) is 22.7. The first-order valence-corrected chi connectivity index (χ1v) is 10.8. The van der Waals surface area contributed by atoms with Crippen molar-refractivity contribution in [2.45, 2.75) is 24.6 Å². The van der Waals surface area contributed by atoms with Crippen molar-refractivity contribution in [1.82, 2.24) is 9.88 Å². The largest absolute Gasteiger partial charge is 0.418 e. The maximum atomic E-state index is 13.2. The second-order valence-corrected chi connectivity index (χ2v) is 8.63. The molecule has 1 amide bonds. The van der Waals surface area contributed by atoms with Crippen molar-refractivity contribution in [1.29, 1.82) is 0 Å².